The molecule has 0 saturated carbocycles. The Bertz CT molecular complexity index is 676. The van der Waals surface area contributed by atoms with E-state index in [2.05, 4.69) is 13.8 Å². The molecule has 0 bridgehead atoms. The third-order valence-electron chi connectivity index (χ3n) is 3.70. The molecule has 0 N–H and O–H groups in total. The zero-order valence-electron chi connectivity index (χ0n) is 13.7. The maximum Gasteiger partial charge on any atom is 0.241 e. The van der Waals surface area contributed by atoms with E-state index in [1.54, 1.807) is 0 Å². The zero-order chi connectivity index (χ0) is 15.9. The molecule has 22 heavy (non-hydrogen) atoms. The number of ether oxygens (including phenoxy) is 2. The van der Waals surface area contributed by atoms with Crippen molar-refractivity contribution < 1.29 is 9.47 Å². The van der Waals surface area contributed by atoms with E-state index in [1.165, 1.54) is 0 Å². The number of hydrogen-bond donors (Lipinski definition) is 0. The molecule has 0 unspecified atom stereocenters. The second-order valence-corrected chi connectivity index (χ2v) is 5.44. The van der Waals surface area contributed by atoms with Crippen LogP contribution in [0.2, 0.25) is 0 Å². The Balaban J connectivity index is 2.48. The fourth-order valence-corrected chi connectivity index (χ4v) is 2.36. The van der Waals surface area contributed by atoms with Gasteiger partial charge in [-0.2, -0.15) is 0 Å². The molecule has 1 aromatic heterocycles. The Morgan fingerprint density at radius 3 is 2.32 bits per heavy atom. The minimum absolute atomic E-state index is 0.0868. The quantitative estimate of drug-likeness (QED) is 0.694. The number of para-hydroxylation sites is 1. The van der Waals surface area contributed by atoms with Gasteiger partial charge in [-0.25, -0.2) is 0 Å². The zero-order valence-corrected chi connectivity index (χ0v) is 13.7. The van der Waals surface area contributed by atoms with Crippen LogP contribution in [0, 0.1) is 0 Å². The predicted octanol–water partition coefficient (Wildman–Crippen LogP) is 3.90. The Morgan fingerprint density at radius 2 is 1.64 bits per heavy atom. The van der Waals surface area contributed by atoms with Crippen molar-refractivity contribution in [2.45, 2.75) is 39.5 Å². The smallest absolute Gasteiger partial charge is 0.241 e. The van der Waals surface area contributed by atoms with Crippen LogP contribution in [0.15, 0.2) is 29.1 Å². The van der Waals surface area contributed by atoms with Crippen LogP contribution >= 0.6 is 0 Å². The van der Waals surface area contributed by atoms with E-state index in [4.69, 9.17) is 9.47 Å². The van der Waals surface area contributed by atoms with Crippen molar-refractivity contribution in [2.24, 2.45) is 7.05 Å². The van der Waals surface area contributed by atoms with Gasteiger partial charge in [0.2, 0.25) is 17.1 Å². The molecular formula is C18H25NO3. The third-order valence-corrected chi connectivity index (χ3v) is 3.70. The highest BCUT2D eigenvalue weighted by molar-refractivity contribution is 5.81. The van der Waals surface area contributed by atoms with E-state index < -0.39 is 0 Å². The second kappa shape index (κ2) is 7.87. The molecule has 0 aliphatic heterocycles. The van der Waals surface area contributed by atoms with E-state index in [1.807, 2.05) is 35.9 Å². The number of aromatic nitrogens is 1. The summed E-state index contributed by atoms with van der Waals surface area (Å²) in [5.41, 5.74) is 0.776. The van der Waals surface area contributed by atoms with Crippen molar-refractivity contribution in [3.8, 4) is 11.6 Å². The standard InChI is InChI=1S/C18H25NO3/c1-4-6-12-21-17-16(20)14-10-8-9-11-15(14)19(3)18(17)22-13-7-5-2/h8-11H,4-7,12-13H2,1-3H3. The minimum Gasteiger partial charge on any atom is -0.485 e. The number of benzene rings is 1. The summed E-state index contributed by atoms with van der Waals surface area (Å²) in [4.78, 5) is 12.7. The normalized spacial score (nSPS) is 10.9. The van der Waals surface area contributed by atoms with Gasteiger partial charge in [0.25, 0.3) is 0 Å². The molecule has 0 saturated heterocycles. The van der Waals surface area contributed by atoms with E-state index in [-0.39, 0.29) is 5.43 Å². The van der Waals surface area contributed by atoms with Crippen LogP contribution in [-0.2, 0) is 7.05 Å². The van der Waals surface area contributed by atoms with Gasteiger partial charge in [-0.3, -0.25) is 4.79 Å². The molecule has 120 valence electrons. The van der Waals surface area contributed by atoms with Crippen molar-refractivity contribution in [1.29, 1.82) is 0 Å². The summed E-state index contributed by atoms with van der Waals surface area (Å²) < 4.78 is 13.5. The molecule has 1 heterocycles. The van der Waals surface area contributed by atoms with Crippen molar-refractivity contribution in [1.82, 2.24) is 4.57 Å². The summed E-state index contributed by atoms with van der Waals surface area (Å²) in [6, 6.07) is 7.56. The number of hydrogen-bond acceptors (Lipinski definition) is 3. The fourth-order valence-electron chi connectivity index (χ4n) is 2.36. The average Bonchev–Trinajstić information content (AvgIpc) is 2.54. The van der Waals surface area contributed by atoms with Gasteiger partial charge in [0, 0.05) is 12.4 Å². The SMILES string of the molecule is CCCCOc1c(OCCCC)n(C)c2ccccc2c1=O. The number of unbranched alkanes of at least 4 members (excludes halogenated alkanes) is 2. The van der Waals surface area contributed by atoms with E-state index in [0.717, 1.165) is 31.2 Å². The number of pyridine rings is 1. The number of aryl methyl sites for hydroxylation is 1. The summed E-state index contributed by atoms with van der Waals surface area (Å²) in [5.74, 6) is 0.874. The lowest BCUT2D eigenvalue weighted by Crippen LogP contribution is -2.17. The van der Waals surface area contributed by atoms with Crippen LogP contribution in [0.3, 0.4) is 0 Å². The van der Waals surface area contributed by atoms with Crippen molar-refractivity contribution in [2.75, 3.05) is 13.2 Å². The Labute approximate surface area is 131 Å². The topological polar surface area (TPSA) is 40.5 Å². The van der Waals surface area contributed by atoms with E-state index in [9.17, 15) is 4.79 Å². The lowest BCUT2D eigenvalue weighted by molar-refractivity contribution is 0.245. The maximum atomic E-state index is 12.7. The molecule has 1 aromatic carbocycles. The van der Waals surface area contributed by atoms with Gasteiger partial charge in [0.15, 0.2) is 0 Å². The van der Waals surface area contributed by atoms with Crippen molar-refractivity contribution >= 4 is 10.9 Å². The number of nitrogens with zero attached hydrogens (tertiary/aromatic N) is 1. The molecule has 0 radical (unpaired) electrons. The second-order valence-electron chi connectivity index (χ2n) is 5.44. The summed E-state index contributed by atoms with van der Waals surface area (Å²) >= 11 is 0. The highest BCUT2D eigenvalue weighted by atomic mass is 16.5. The third kappa shape index (κ3) is 3.43. The van der Waals surface area contributed by atoms with Crippen LogP contribution in [0.1, 0.15) is 39.5 Å². The molecule has 0 amide bonds. The molecule has 0 aliphatic rings. The van der Waals surface area contributed by atoms with Gasteiger partial charge >= 0.3 is 0 Å². The van der Waals surface area contributed by atoms with Gasteiger partial charge < -0.3 is 14.0 Å². The number of rotatable bonds is 8. The molecule has 4 heteroatoms. The van der Waals surface area contributed by atoms with E-state index in [0.29, 0.717) is 30.2 Å². The van der Waals surface area contributed by atoms with Gasteiger partial charge in [-0.05, 0) is 25.0 Å². The van der Waals surface area contributed by atoms with E-state index >= 15 is 0 Å². The average molecular weight is 303 g/mol. The Hall–Kier alpha value is -1.97. The summed E-state index contributed by atoms with van der Waals surface area (Å²) in [5, 5.41) is 0.666. The van der Waals surface area contributed by atoms with Crippen LogP contribution < -0.4 is 14.9 Å². The van der Waals surface area contributed by atoms with Gasteiger partial charge in [-0.15, -0.1) is 0 Å². The Kier molecular flexibility index (Phi) is 5.87. The lowest BCUT2D eigenvalue weighted by Gasteiger charge is -2.17. The first-order valence-corrected chi connectivity index (χ1v) is 8.08. The first kappa shape index (κ1) is 16.4. The molecule has 4 nitrogen and oxygen atoms in total. The fraction of sp³-hybridized carbons (Fsp3) is 0.500. The molecule has 2 rings (SSSR count). The number of fused-ring (bicyclic) bond motifs is 1. The lowest BCUT2D eigenvalue weighted by atomic mass is 10.2. The molecule has 2 aromatic rings. The summed E-state index contributed by atoms with van der Waals surface area (Å²) in [6.45, 7) is 5.34. The van der Waals surface area contributed by atoms with Crippen LogP contribution in [-0.4, -0.2) is 17.8 Å². The highest BCUT2D eigenvalue weighted by Crippen LogP contribution is 2.27. The van der Waals surface area contributed by atoms with Gasteiger partial charge in [0.1, 0.15) is 0 Å². The van der Waals surface area contributed by atoms with Gasteiger partial charge in [-0.1, -0.05) is 38.8 Å². The van der Waals surface area contributed by atoms with Gasteiger partial charge in [0.05, 0.1) is 18.7 Å². The minimum atomic E-state index is -0.0868. The van der Waals surface area contributed by atoms with Crippen LogP contribution in [0.25, 0.3) is 10.9 Å². The van der Waals surface area contributed by atoms with Crippen LogP contribution in [0.4, 0.5) is 0 Å². The molecule has 0 fully saturated rings. The first-order chi connectivity index (χ1) is 10.7. The first-order valence-electron chi connectivity index (χ1n) is 8.08. The molecule has 0 atom stereocenters. The van der Waals surface area contributed by atoms with Crippen molar-refractivity contribution in [3.63, 3.8) is 0 Å². The summed E-state index contributed by atoms with van der Waals surface area (Å²) in [7, 11) is 1.91. The predicted molar refractivity (Wildman–Crippen MR) is 90.0 cm³/mol. The molecular weight excluding hydrogens is 278 g/mol. The van der Waals surface area contributed by atoms with Crippen LogP contribution in [0.5, 0.6) is 11.6 Å². The summed E-state index contributed by atoms with van der Waals surface area (Å²) in [6.07, 6.45) is 3.95. The largest absolute Gasteiger partial charge is 0.485 e. The highest BCUT2D eigenvalue weighted by Gasteiger charge is 2.17. The maximum absolute atomic E-state index is 12.7. The molecule has 0 aliphatic carbocycles. The molecule has 0 spiro atoms. The monoisotopic (exact) mass is 303 g/mol. The van der Waals surface area contributed by atoms with Crippen molar-refractivity contribution in [3.05, 3.63) is 34.5 Å². The Morgan fingerprint density at radius 1 is 1.00 bits per heavy atom.